The molecule has 0 bridgehead atoms. The Bertz CT molecular complexity index is 1040. The zero-order chi connectivity index (χ0) is 22.1. The maximum Gasteiger partial charge on any atom is 0.339 e. The number of carbonyl (C=O) groups excluding carboxylic acids is 3. The summed E-state index contributed by atoms with van der Waals surface area (Å²) in [5.41, 5.74) is 1.65. The zero-order valence-corrected chi connectivity index (χ0v) is 16.9. The van der Waals surface area contributed by atoms with Crippen LogP contribution in [0.25, 0.3) is 0 Å². The summed E-state index contributed by atoms with van der Waals surface area (Å²) in [6, 6.07) is 23.9. The molecule has 2 N–H and O–H groups in total. The molecule has 0 heterocycles. The number of nitrogens with one attached hydrogen (secondary N) is 2. The average Bonchev–Trinajstić information content (AvgIpc) is 2.82. The predicted molar refractivity (Wildman–Crippen MR) is 114 cm³/mol. The molecule has 0 spiro atoms. The van der Waals surface area contributed by atoms with Crippen LogP contribution in [0.1, 0.15) is 27.6 Å². The van der Waals surface area contributed by atoms with Crippen LogP contribution in [0.3, 0.4) is 0 Å². The van der Waals surface area contributed by atoms with Crippen LogP contribution in [0.15, 0.2) is 84.9 Å². The minimum atomic E-state index is -1.29. The van der Waals surface area contributed by atoms with E-state index in [1.807, 2.05) is 30.3 Å². The van der Waals surface area contributed by atoms with Crippen LogP contribution in [0.5, 0.6) is 5.75 Å². The predicted octanol–water partition coefficient (Wildman–Crippen LogP) is 3.62. The molecule has 3 amide bonds. The Labute approximate surface area is 180 Å². The van der Waals surface area contributed by atoms with Gasteiger partial charge in [-0.15, -0.1) is 0 Å². The van der Waals surface area contributed by atoms with Crippen molar-refractivity contribution in [1.82, 2.24) is 10.6 Å². The Morgan fingerprint density at radius 2 is 1.55 bits per heavy atom. The molecule has 0 aliphatic carbocycles. The number of hydrogen-bond acceptors (Lipinski definition) is 5. The fraction of sp³-hybridized carbons (Fsp3) is 0.125. The highest BCUT2D eigenvalue weighted by Crippen LogP contribution is 2.22. The Balaban J connectivity index is 1.73. The van der Waals surface area contributed by atoms with E-state index in [1.54, 1.807) is 54.6 Å². The Morgan fingerprint density at radius 3 is 2.23 bits per heavy atom. The van der Waals surface area contributed by atoms with E-state index in [9.17, 15) is 14.4 Å². The monoisotopic (exact) mass is 418 g/mol. The summed E-state index contributed by atoms with van der Waals surface area (Å²) in [6.45, 7) is 0.348. The lowest BCUT2D eigenvalue weighted by atomic mass is 10.1. The zero-order valence-electron chi connectivity index (χ0n) is 16.9. The first-order valence-corrected chi connectivity index (χ1v) is 9.62. The first-order chi connectivity index (χ1) is 15.1. The van der Waals surface area contributed by atoms with Crippen LogP contribution < -0.4 is 15.4 Å². The molecular weight excluding hydrogens is 396 g/mol. The van der Waals surface area contributed by atoms with Gasteiger partial charge in [0.2, 0.25) is 6.10 Å². The van der Waals surface area contributed by atoms with Crippen LogP contribution in [-0.4, -0.2) is 25.0 Å². The lowest BCUT2D eigenvalue weighted by Gasteiger charge is -2.17. The highest BCUT2D eigenvalue weighted by Gasteiger charge is 2.27. The van der Waals surface area contributed by atoms with E-state index < -0.39 is 24.0 Å². The van der Waals surface area contributed by atoms with Gasteiger partial charge in [0.1, 0.15) is 12.4 Å². The van der Waals surface area contributed by atoms with Crippen LogP contribution in [0.2, 0.25) is 0 Å². The van der Waals surface area contributed by atoms with Crippen molar-refractivity contribution in [3.05, 3.63) is 102 Å². The normalized spacial score (nSPS) is 11.1. The molecule has 0 aliphatic heterocycles. The second-order valence-electron chi connectivity index (χ2n) is 6.57. The Morgan fingerprint density at radius 1 is 0.871 bits per heavy atom. The minimum absolute atomic E-state index is 0.222. The van der Waals surface area contributed by atoms with Gasteiger partial charge in [0.15, 0.2) is 0 Å². The summed E-state index contributed by atoms with van der Waals surface area (Å²) in [5, 5.41) is 4.44. The topological polar surface area (TPSA) is 93.7 Å². The van der Waals surface area contributed by atoms with E-state index in [0.29, 0.717) is 17.9 Å². The van der Waals surface area contributed by atoms with Crippen molar-refractivity contribution >= 4 is 17.9 Å². The standard InChI is InChI=1S/C24H22N2O5/c1-25-24(29)26-22(27)21(18-11-6-3-7-12-18)31-23(28)19-13-8-14-20(15-19)30-16-17-9-4-2-5-10-17/h2-15,21H,16H2,1H3,(H2,25,26,27,29)/t21-/m1/s1. The fourth-order valence-electron chi connectivity index (χ4n) is 2.77. The average molecular weight is 418 g/mol. The van der Waals surface area contributed by atoms with Gasteiger partial charge in [0.05, 0.1) is 5.56 Å². The summed E-state index contributed by atoms with van der Waals surface area (Å²) < 4.78 is 11.2. The van der Waals surface area contributed by atoms with Crippen molar-refractivity contribution < 1.29 is 23.9 Å². The molecule has 0 radical (unpaired) electrons. The lowest BCUT2D eigenvalue weighted by Crippen LogP contribution is -2.41. The maximum atomic E-state index is 12.8. The van der Waals surface area contributed by atoms with Gasteiger partial charge in [-0.1, -0.05) is 66.7 Å². The molecule has 0 saturated heterocycles. The van der Waals surface area contributed by atoms with Gasteiger partial charge in [-0.25, -0.2) is 9.59 Å². The molecule has 0 fully saturated rings. The minimum Gasteiger partial charge on any atom is -0.489 e. The van der Waals surface area contributed by atoms with Crippen molar-refractivity contribution in [3.63, 3.8) is 0 Å². The van der Waals surface area contributed by atoms with E-state index in [-0.39, 0.29) is 5.56 Å². The van der Waals surface area contributed by atoms with E-state index >= 15 is 0 Å². The molecule has 3 aromatic carbocycles. The third-order valence-corrected chi connectivity index (χ3v) is 4.35. The number of benzene rings is 3. The highest BCUT2D eigenvalue weighted by molar-refractivity contribution is 5.99. The molecule has 0 saturated carbocycles. The summed E-state index contributed by atoms with van der Waals surface area (Å²) in [4.78, 5) is 36.8. The van der Waals surface area contributed by atoms with Gasteiger partial charge in [-0.2, -0.15) is 0 Å². The smallest absolute Gasteiger partial charge is 0.339 e. The molecule has 0 unspecified atom stereocenters. The molecule has 3 aromatic rings. The van der Waals surface area contributed by atoms with Crippen LogP contribution >= 0.6 is 0 Å². The number of hydrogen-bond donors (Lipinski definition) is 2. The van der Waals surface area contributed by atoms with Crippen molar-refractivity contribution in [2.75, 3.05) is 7.05 Å². The first-order valence-electron chi connectivity index (χ1n) is 9.62. The Kier molecular flexibility index (Phi) is 7.37. The van der Waals surface area contributed by atoms with Gasteiger partial charge in [-0.05, 0) is 23.8 Å². The summed E-state index contributed by atoms with van der Waals surface area (Å²) in [7, 11) is 1.38. The molecular formula is C24H22N2O5. The second kappa shape index (κ2) is 10.6. The number of carbonyl (C=O) groups is 3. The number of imide groups is 1. The van der Waals surface area contributed by atoms with Gasteiger partial charge in [0, 0.05) is 12.6 Å². The van der Waals surface area contributed by atoms with Gasteiger partial charge in [0.25, 0.3) is 5.91 Å². The van der Waals surface area contributed by atoms with Crippen molar-refractivity contribution in [1.29, 1.82) is 0 Å². The first kappa shape index (κ1) is 21.6. The summed E-state index contributed by atoms with van der Waals surface area (Å²) >= 11 is 0. The number of esters is 1. The van der Waals surface area contributed by atoms with E-state index in [1.165, 1.54) is 7.05 Å². The van der Waals surface area contributed by atoms with E-state index in [0.717, 1.165) is 5.56 Å². The van der Waals surface area contributed by atoms with Gasteiger partial charge < -0.3 is 14.8 Å². The molecule has 7 nitrogen and oxygen atoms in total. The van der Waals surface area contributed by atoms with Crippen molar-refractivity contribution in [2.24, 2.45) is 0 Å². The molecule has 3 rings (SSSR count). The summed E-state index contributed by atoms with van der Waals surface area (Å²) in [5.74, 6) is -0.981. The van der Waals surface area contributed by atoms with E-state index in [2.05, 4.69) is 10.6 Å². The van der Waals surface area contributed by atoms with Crippen LogP contribution in [-0.2, 0) is 16.1 Å². The van der Waals surface area contributed by atoms with Crippen LogP contribution in [0.4, 0.5) is 4.79 Å². The van der Waals surface area contributed by atoms with Crippen LogP contribution in [0, 0.1) is 0 Å². The second-order valence-corrected chi connectivity index (χ2v) is 6.57. The number of amides is 3. The Hall–Kier alpha value is -4.13. The fourth-order valence-corrected chi connectivity index (χ4v) is 2.77. The quantitative estimate of drug-likeness (QED) is 0.572. The molecule has 31 heavy (non-hydrogen) atoms. The number of urea groups is 1. The molecule has 0 aliphatic rings. The largest absolute Gasteiger partial charge is 0.489 e. The highest BCUT2D eigenvalue weighted by atomic mass is 16.5. The summed E-state index contributed by atoms with van der Waals surface area (Å²) in [6.07, 6.45) is -1.29. The molecule has 158 valence electrons. The molecule has 1 atom stereocenters. The van der Waals surface area contributed by atoms with Crippen molar-refractivity contribution in [3.8, 4) is 5.75 Å². The van der Waals surface area contributed by atoms with Crippen molar-refractivity contribution in [2.45, 2.75) is 12.7 Å². The number of ether oxygens (including phenoxy) is 2. The van der Waals surface area contributed by atoms with Gasteiger partial charge >= 0.3 is 12.0 Å². The molecule has 7 heteroatoms. The lowest BCUT2D eigenvalue weighted by molar-refractivity contribution is -0.129. The SMILES string of the molecule is CNC(=O)NC(=O)[C@H](OC(=O)c1cccc(OCc2ccccc2)c1)c1ccccc1. The third-order valence-electron chi connectivity index (χ3n) is 4.35. The maximum absolute atomic E-state index is 12.8. The third kappa shape index (κ3) is 6.17. The molecule has 0 aromatic heterocycles. The number of rotatable bonds is 7. The van der Waals surface area contributed by atoms with Gasteiger partial charge in [-0.3, -0.25) is 10.1 Å². The van der Waals surface area contributed by atoms with E-state index in [4.69, 9.17) is 9.47 Å².